The van der Waals surface area contributed by atoms with Gasteiger partial charge in [-0.1, -0.05) is 0 Å². The number of anilines is 2. The molecule has 1 atom stereocenters. The third kappa shape index (κ3) is 5.69. The Hall–Kier alpha value is -1.63. The van der Waals surface area contributed by atoms with Crippen molar-refractivity contribution in [3.63, 3.8) is 0 Å². The summed E-state index contributed by atoms with van der Waals surface area (Å²) in [6, 6.07) is 3.64. The molecule has 1 aromatic rings. The van der Waals surface area contributed by atoms with Crippen LogP contribution in [0.5, 0.6) is 0 Å². The molecule has 0 fully saturated rings. The van der Waals surface area contributed by atoms with E-state index in [1.54, 1.807) is 6.92 Å². The number of amides is 1. The SMILES string of the molecule is CC(=O)Nc1ccc(F)c(NC(C)CS(C)(=O)=O)c1. The third-order valence-electron chi connectivity index (χ3n) is 2.24. The van der Waals surface area contributed by atoms with Crippen LogP contribution in [0.1, 0.15) is 13.8 Å². The number of carbonyl (C=O) groups is 1. The van der Waals surface area contributed by atoms with Gasteiger partial charge in [0.25, 0.3) is 0 Å². The van der Waals surface area contributed by atoms with Crippen molar-refractivity contribution in [3.8, 4) is 0 Å². The minimum Gasteiger partial charge on any atom is -0.379 e. The lowest BCUT2D eigenvalue weighted by Gasteiger charge is -2.15. The second-order valence-electron chi connectivity index (χ2n) is 4.51. The Morgan fingerprint density at radius 1 is 1.42 bits per heavy atom. The Morgan fingerprint density at radius 3 is 2.58 bits per heavy atom. The van der Waals surface area contributed by atoms with Crippen LogP contribution in [0, 0.1) is 5.82 Å². The van der Waals surface area contributed by atoms with Crippen LogP contribution in [-0.2, 0) is 14.6 Å². The molecule has 0 aliphatic rings. The van der Waals surface area contributed by atoms with E-state index in [9.17, 15) is 17.6 Å². The van der Waals surface area contributed by atoms with Gasteiger partial charge in [-0.25, -0.2) is 12.8 Å². The van der Waals surface area contributed by atoms with Gasteiger partial charge in [0.05, 0.1) is 11.4 Å². The molecule has 0 spiro atoms. The second-order valence-corrected chi connectivity index (χ2v) is 6.70. The molecule has 0 saturated carbocycles. The van der Waals surface area contributed by atoms with Gasteiger partial charge in [-0.3, -0.25) is 4.79 Å². The number of sulfone groups is 1. The number of halogens is 1. The highest BCUT2D eigenvalue weighted by Gasteiger charge is 2.12. The molecule has 0 heterocycles. The van der Waals surface area contributed by atoms with Crippen LogP contribution in [0.25, 0.3) is 0 Å². The van der Waals surface area contributed by atoms with E-state index in [2.05, 4.69) is 10.6 Å². The van der Waals surface area contributed by atoms with Crippen LogP contribution in [-0.4, -0.2) is 32.4 Å². The van der Waals surface area contributed by atoms with Gasteiger partial charge >= 0.3 is 0 Å². The van der Waals surface area contributed by atoms with E-state index >= 15 is 0 Å². The molecule has 5 nitrogen and oxygen atoms in total. The maximum absolute atomic E-state index is 13.6. The predicted molar refractivity (Wildman–Crippen MR) is 73.5 cm³/mol. The summed E-state index contributed by atoms with van der Waals surface area (Å²) in [5, 5.41) is 5.30. The Balaban J connectivity index is 2.85. The van der Waals surface area contributed by atoms with E-state index in [0.29, 0.717) is 5.69 Å². The molecule has 0 aromatic heterocycles. The molecule has 1 unspecified atom stereocenters. The molecule has 106 valence electrons. The monoisotopic (exact) mass is 288 g/mol. The molecular formula is C12H17FN2O3S. The molecule has 0 aliphatic heterocycles. The zero-order valence-electron chi connectivity index (χ0n) is 11.0. The fourth-order valence-electron chi connectivity index (χ4n) is 1.68. The van der Waals surface area contributed by atoms with Crippen LogP contribution in [0.4, 0.5) is 15.8 Å². The Morgan fingerprint density at radius 2 is 2.05 bits per heavy atom. The van der Waals surface area contributed by atoms with E-state index in [4.69, 9.17) is 0 Å². The summed E-state index contributed by atoms with van der Waals surface area (Å²) < 4.78 is 35.9. The van der Waals surface area contributed by atoms with Crippen molar-refractivity contribution < 1.29 is 17.6 Å². The van der Waals surface area contributed by atoms with Gasteiger partial charge in [-0.15, -0.1) is 0 Å². The standard InChI is InChI=1S/C12H17FN2O3S/c1-8(7-19(3,17)18)14-12-6-10(15-9(2)16)4-5-11(12)13/h4-6,8,14H,7H2,1-3H3,(H,15,16). The van der Waals surface area contributed by atoms with Gasteiger partial charge in [0.1, 0.15) is 15.7 Å². The van der Waals surface area contributed by atoms with Gasteiger partial charge in [0, 0.05) is 24.9 Å². The van der Waals surface area contributed by atoms with Gasteiger partial charge in [0.15, 0.2) is 0 Å². The lowest BCUT2D eigenvalue weighted by atomic mass is 10.2. The Labute approximate surface area is 112 Å². The largest absolute Gasteiger partial charge is 0.379 e. The number of benzene rings is 1. The first-order chi connectivity index (χ1) is 8.67. The lowest BCUT2D eigenvalue weighted by molar-refractivity contribution is -0.114. The summed E-state index contributed by atoms with van der Waals surface area (Å²) in [5.41, 5.74) is 0.602. The first-order valence-electron chi connectivity index (χ1n) is 5.69. The fourth-order valence-corrected chi connectivity index (χ4v) is 2.67. The molecular weight excluding hydrogens is 271 g/mol. The number of rotatable bonds is 5. The number of hydrogen-bond donors (Lipinski definition) is 2. The smallest absolute Gasteiger partial charge is 0.221 e. The van der Waals surface area contributed by atoms with Crippen LogP contribution in [0.3, 0.4) is 0 Å². The molecule has 0 bridgehead atoms. The Kier molecular flexibility index (Phi) is 4.88. The zero-order chi connectivity index (χ0) is 14.6. The lowest BCUT2D eigenvalue weighted by Crippen LogP contribution is -2.25. The highest BCUT2D eigenvalue weighted by molar-refractivity contribution is 7.90. The van der Waals surface area contributed by atoms with E-state index in [1.165, 1.54) is 25.1 Å². The maximum atomic E-state index is 13.6. The first kappa shape index (κ1) is 15.4. The van der Waals surface area contributed by atoms with E-state index < -0.39 is 21.7 Å². The van der Waals surface area contributed by atoms with Crippen molar-refractivity contribution in [1.29, 1.82) is 0 Å². The van der Waals surface area contributed by atoms with Crippen LogP contribution >= 0.6 is 0 Å². The normalized spacial score (nSPS) is 12.8. The summed E-state index contributed by atoms with van der Waals surface area (Å²) >= 11 is 0. The van der Waals surface area contributed by atoms with Crippen LogP contribution in [0.15, 0.2) is 18.2 Å². The summed E-state index contributed by atoms with van der Waals surface area (Å²) in [5.74, 6) is -0.868. The average Bonchev–Trinajstić information content (AvgIpc) is 2.19. The van der Waals surface area contributed by atoms with E-state index in [0.717, 1.165) is 6.26 Å². The van der Waals surface area contributed by atoms with Crippen molar-refractivity contribution in [2.75, 3.05) is 22.6 Å². The second kappa shape index (κ2) is 6.01. The molecule has 0 radical (unpaired) electrons. The van der Waals surface area contributed by atoms with Crippen molar-refractivity contribution in [1.82, 2.24) is 0 Å². The highest BCUT2D eigenvalue weighted by Crippen LogP contribution is 2.20. The van der Waals surface area contributed by atoms with Crippen molar-refractivity contribution in [2.24, 2.45) is 0 Å². The third-order valence-corrected chi connectivity index (χ3v) is 3.35. The molecule has 7 heteroatoms. The summed E-state index contributed by atoms with van der Waals surface area (Å²) in [6.45, 7) is 2.99. The van der Waals surface area contributed by atoms with Gasteiger partial charge in [-0.05, 0) is 25.1 Å². The van der Waals surface area contributed by atoms with Crippen molar-refractivity contribution in [2.45, 2.75) is 19.9 Å². The van der Waals surface area contributed by atoms with Gasteiger partial charge in [-0.2, -0.15) is 0 Å². The average molecular weight is 288 g/mol. The van der Waals surface area contributed by atoms with Crippen LogP contribution < -0.4 is 10.6 Å². The first-order valence-corrected chi connectivity index (χ1v) is 7.75. The minimum atomic E-state index is -3.14. The van der Waals surface area contributed by atoms with Gasteiger partial charge in [0.2, 0.25) is 5.91 Å². The van der Waals surface area contributed by atoms with E-state index in [-0.39, 0.29) is 17.3 Å². The van der Waals surface area contributed by atoms with Crippen molar-refractivity contribution in [3.05, 3.63) is 24.0 Å². The number of nitrogens with one attached hydrogen (secondary N) is 2. The Bertz CT molecular complexity index is 572. The quantitative estimate of drug-likeness (QED) is 0.863. The molecule has 2 N–H and O–H groups in total. The van der Waals surface area contributed by atoms with E-state index in [1.807, 2.05) is 0 Å². The van der Waals surface area contributed by atoms with Crippen LogP contribution in [0.2, 0.25) is 0 Å². The molecule has 0 saturated heterocycles. The number of hydrogen-bond acceptors (Lipinski definition) is 4. The fraction of sp³-hybridized carbons (Fsp3) is 0.417. The molecule has 1 rings (SSSR count). The topological polar surface area (TPSA) is 75.3 Å². The van der Waals surface area contributed by atoms with Gasteiger partial charge < -0.3 is 10.6 Å². The van der Waals surface area contributed by atoms with Crippen molar-refractivity contribution >= 4 is 27.1 Å². The molecule has 1 aromatic carbocycles. The summed E-state index contributed by atoms with van der Waals surface area (Å²) in [4.78, 5) is 10.9. The number of carbonyl (C=O) groups excluding carboxylic acids is 1. The summed E-state index contributed by atoms with van der Waals surface area (Å²) in [6.07, 6.45) is 1.12. The molecule has 19 heavy (non-hydrogen) atoms. The highest BCUT2D eigenvalue weighted by atomic mass is 32.2. The molecule has 0 aliphatic carbocycles. The zero-order valence-corrected chi connectivity index (χ0v) is 11.8. The predicted octanol–water partition coefficient (Wildman–Crippen LogP) is 1.63. The molecule has 1 amide bonds. The summed E-state index contributed by atoms with van der Waals surface area (Å²) in [7, 11) is -3.14. The minimum absolute atomic E-state index is 0.100. The maximum Gasteiger partial charge on any atom is 0.221 e.